The molecule has 0 bridgehead atoms. The topological polar surface area (TPSA) is 94.6 Å². The second-order valence-electron chi connectivity index (χ2n) is 4.45. The fourth-order valence-corrected chi connectivity index (χ4v) is 1.99. The van der Waals surface area contributed by atoms with Crippen molar-refractivity contribution in [3.63, 3.8) is 0 Å². The Bertz CT molecular complexity index is 686. The van der Waals surface area contributed by atoms with E-state index in [1.54, 1.807) is 13.8 Å². The van der Waals surface area contributed by atoms with Crippen molar-refractivity contribution in [3.05, 3.63) is 51.5 Å². The predicted molar refractivity (Wildman–Crippen MR) is 75.8 cm³/mol. The van der Waals surface area contributed by atoms with Crippen LogP contribution in [0.2, 0.25) is 0 Å². The van der Waals surface area contributed by atoms with E-state index in [0.717, 1.165) is 0 Å². The van der Waals surface area contributed by atoms with Crippen molar-refractivity contribution in [3.8, 4) is 5.75 Å². The fourth-order valence-electron chi connectivity index (χ4n) is 1.99. The minimum Gasteiger partial charge on any atom is -0.494 e. The molecule has 0 spiro atoms. The lowest BCUT2D eigenvalue weighted by molar-refractivity contribution is -0.384. The number of amides is 1. The maximum absolute atomic E-state index is 12.2. The fraction of sp³-hybridized carbons (Fsp3) is 0.214. The smallest absolute Gasteiger partial charge is 0.273 e. The van der Waals surface area contributed by atoms with Crippen molar-refractivity contribution in [2.45, 2.75) is 13.8 Å². The number of nitrogens with one attached hydrogen (secondary N) is 1. The number of methoxy groups -OCH3 is 1. The Kier molecular flexibility index (Phi) is 3.93. The molecule has 0 unspecified atom stereocenters. The third-order valence-electron chi connectivity index (χ3n) is 3.03. The summed E-state index contributed by atoms with van der Waals surface area (Å²) >= 11 is 0. The van der Waals surface area contributed by atoms with E-state index in [0.29, 0.717) is 22.6 Å². The zero-order valence-corrected chi connectivity index (χ0v) is 11.8. The first kappa shape index (κ1) is 14.6. The number of aryl methyl sites for hydroxylation is 2. The molecule has 2 rings (SSSR count). The molecule has 1 amide bonds. The van der Waals surface area contributed by atoms with Crippen LogP contribution in [0.4, 0.5) is 11.4 Å². The highest BCUT2D eigenvalue weighted by molar-refractivity contribution is 6.06. The van der Waals surface area contributed by atoms with Crippen molar-refractivity contribution in [2.24, 2.45) is 0 Å². The van der Waals surface area contributed by atoms with E-state index in [1.165, 1.54) is 31.6 Å². The van der Waals surface area contributed by atoms with Crippen LogP contribution in [0.5, 0.6) is 5.75 Å². The zero-order chi connectivity index (χ0) is 15.6. The van der Waals surface area contributed by atoms with Gasteiger partial charge in [0.2, 0.25) is 0 Å². The molecule has 1 heterocycles. The molecule has 0 atom stereocenters. The third kappa shape index (κ3) is 2.86. The van der Waals surface area contributed by atoms with E-state index in [2.05, 4.69) is 5.32 Å². The maximum Gasteiger partial charge on any atom is 0.273 e. The Morgan fingerprint density at radius 3 is 2.62 bits per heavy atom. The molecule has 21 heavy (non-hydrogen) atoms. The molecular formula is C14H14N2O5. The molecule has 1 N–H and O–H groups in total. The first-order valence-corrected chi connectivity index (χ1v) is 6.12. The number of nitrogens with zero attached hydrogens (tertiary/aromatic N) is 1. The number of nitro benzene ring substituents is 1. The molecule has 2 aromatic rings. The van der Waals surface area contributed by atoms with Crippen LogP contribution in [0, 0.1) is 24.0 Å². The molecule has 7 nitrogen and oxygen atoms in total. The van der Waals surface area contributed by atoms with Crippen LogP contribution < -0.4 is 10.1 Å². The average Bonchev–Trinajstić information content (AvgIpc) is 2.78. The molecule has 7 heteroatoms. The van der Waals surface area contributed by atoms with E-state index >= 15 is 0 Å². The standard InChI is InChI=1S/C14H14N2O5/c1-8-7-21-9(2)13(8)14(17)15-11-5-4-10(16(18)19)6-12(11)20-3/h4-7H,1-3H3,(H,15,17). The zero-order valence-electron chi connectivity index (χ0n) is 11.8. The summed E-state index contributed by atoms with van der Waals surface area (Å²) < 4.78 is 10.3. The third-order valence-corrected chi connectivity index (χ3v) is 3.03. The highest BCUT2D eigenvalue weighted by atomic mass is 16.6. The number of ether oxygens (including phenoxy) is 1. The number of benzene rings is 1. The maximum atomic E-state index is 12.2. The predicted octanol–water partition coefficient (Wildman–Crippen LogP) is 3.07. The number of nitro groups is 1. The van der Waals surface area contributed by atoms with Gasteiger partial charge in [-0.2, -0.15) is 0 Å². The minimum atomic E-state index is -0.529. The first-order chi connectivity index (χ1) is 9.93. The van der Waals surface area contributed by atoms with Gasteiger partial charge in [-0.15, -0.1) is 0 Å². The van der Waals surface area contributed by atoms with Crippen LogP contribution in [0.3, 0.4) is 0 Å². The molecule has 0 aliphatic rings. The van der Waals surface area contributed by atoms with E-state index in [9.17, 15) is 14.9 Å². The largest absolute Gasteiger partial charge is 0.494 e. The lowest BCUT2D eigenvalue weighted by Crippen LogP contribution is -2.14. The quantitative estimate of drug-likeness (QED) is 0.689. The van der Waals surface area contributed by atoms with Crippen molar-refractivity contribution in [1.82, 2.24) is 0 Å². The van der Waals surface area contributed by atoms with Gasteiger partial charge in [0.25, 0.3) is 11.6 Å². The minimum absolute atomic E-state index is 0.111. The van der Waals surface area contributed by atoms with Gasteiger partial charge in [-0.3, -0.25) is 14.9 Å². The SMILES string of the molecule is COc1cc([N+](=O)[O-])ccc1NC(=O)c1c(C)coc1C. The molecule has 1 aromatic carbocycles. The molecule has 110 valence electrons. The van der Waals surface area contributed by atoms with E-state index in [4.69, 9.17) is 9.15 Å². The summed E-state index contributed by atoms with van der Waals surface area (Å²) in [5.41, 5.74) is 1.40. The van der Waals surface area contributed by atoms with Crippen LogP contribution in [0.15, 0.2) is 28.9 Å². The van der Waals surface area contributed by atoms with E-state index < -0.39 is 4.92 Å². The summed E-state index contributed by atoms with van der Waals surface area (Å²) in [5, 5.41) is 13.4. The van der Waals surface area contributed by atoms with Crippen molar-refractivity contribution in [2.75, 3.05) is 12.4 Å². The Morgan fingerprint density at radius 2 is 2.10 bits per heavy atom. The van der Waals surface area contributed by atoms with Gasteiger partial charge in [0, 0.05) is 11.6 Å². The molecule has 0 aliphatic carbocycles. The number of non-ortho nitro benzene ring substituents is 1. The van der Waals surface area contributed by atoms with Gasteiger partial charge >= 0.3 is 0 Å². The summed E-state index contributed by atoms with van der Waals surface area (Å²) in [4.78, 5) is 22.4. The lowest BCUT2D eigenvalue weighted by Gasteiger charge is -2.10. The number of rotatable bonds is 4. The molecule has 0 aliphatic heterocycles. The summed E-state index contributed by atoms with van der Waals surface area (Å²) in [5.74, 6) is 0.369. The van der Waals surface area contributed by atoms with Crippen LogP contribution in [-0.4, -0.2) is 17.9 Å². The Labute approximate surface area is 120 Å². The van der Waals surface area contributed by atoms with Crippen LogP contribution in [0.25, 0.3) is 0 Å². The van der Waals surface area contributed by atoms with Crippen LogP contribution in [-0.2, 0) is 0 Å². The second-order valence-corrected chi connectivity index (χ2v) is 4.45. The molecule has 0 radical (unpaired) electrons. The summed E-state index contributed by atoms with van der Waals surface area (Å²) in [6, 6.07) is 3.98. The molecule has 1 aromatic heterocycles. The van der Waals surface area contributed by atoms with E-state index in [1.807, 2.05) is 0 Å². The second kappa shape index (κ2) is 5.66. The van der Waals surface area contributed by atoms with Crippen molar-refractivity contribution in [1.29, 1.82) is 0 Å². The number of carbonyl (C=O) groups excluding carboxylic acids is 1. The average molecular weight is 290 g/mol. The number of carbonyl (C=O) groups is 1. The van der Waals surface area contributed by atoms with Gasteiger partial charge in [-0.1, -0.05) is 0 Å². The Balaban J connectivity index is 2.31. The number of hydrogen-bond donors (Lipinski definition) is 1. The summed E-state index contributed by atoms with van der Waals surface area (Å²) in [7, 11) is 1.38. The van der Waals surface area contributed by atoms with Crippen molar-refractivity contribution >= 4 is 17.3 Å². The van der Waals surface area contributed by atoms with Gasteiger partial charge in [0.15, 0.2) is 0 Å². The van der Waals surface area contributed by atoms with Gasteiger partial charge in [-0.05, 0) is 19.9 Å². The summed E-state index contributed by atoms with van der Waals surface area (Å²) in [6.45, 7) is 3.45. The van der Waals surface area contributed by atoms with Gasteiger partial charge in [0.1, 0.15) is 11.5 Å². The normalized spacial score (nSPS) is 10.2. The van der Waals surface area contributed by atoms with Gasteiger partial charge in [0.05, 0.1) is 35.6 Å². The van der Waals surface area contributed by atoms with Crippen LogP contribution in [0.1, 0.15) is 21.7 Å². The lowest BCUT2D eigenvalue weighted by atomic mass is 10.1. The molecular weight excluding hydrogens is 276 g/mol. The Hall–Kier alpha value is -2.83. The van der Waals surface area contributed by atoms with Gasteiger partial charge in [-0.25, -0.2) is 0 Å². The molecule has 0 saturated carbocycles. The number of hydrogen-bond acceptors (Lipinski definition) is 5. The van der Waals surface area contributed by atoms with Gasteiger partial charge < -0.3 is 14.5 Å². The number of anilines is 1. The van der Waals surface area contributed by atoms with Crippen molar-refractivity contribution < 1.29 is 18.9 Å². The number of furan rings is 1. The first-order valence-electron chi connectivity index (χ1n) is 6.12. The summed E-state index contributed by atoms with van der Waals surface area (Å²) in [6.07, 6.45) is 1.50. The monoisotopic (exact) mass is 290 g/mol. The Morgan fingerprint density at radius 1 is 1.38 bits per heavy atom. The highest BCUT2D eigenvalue weighted by Crippen LogP contribution is 2.30. The van der Waals surface area contributed by atoms with E-state index in [-0.39, 0.29) is 17.3 Å². The highest BCUT2D eigenvalue weighted by Gasteiger charge is 2.18. The molecule has 0 saturated heterocycles. The molecule has 0 fully saturated rings. The van der Waals surface area contributed by atoms with Crippen LogP contribution >= 0.6 is 0 Å².